The molecule has 374 valence electrons. The smallest absolute Gasteiger partial charge is 0.0541 e. The molecule has 0 amide bonds. The molecule has 0 aliphatic heterocycles. The minimum Gasteiger partial charge on any atom is -0.309 e. The fourth-order valence-corrected chi connectivity index (χ4v) is 12.2. The van der Waals surface area contributed by atoms with Crippen molar-refractivity contribution in [2.75, 3.05) is 0 Å². The average Bonchev–Trinajstić information content (AvgIpc) is 4.13. The van der Waals surface area contributed by atoms with Gasteiger partial charge in [0.05, 0.1) is 27.8 Å². The van der Waals surface area contributed by atoms with Gasteiger partial charge in [-0.2, -0.15) is 0 Å². The van der Waals surface area contributed by atoms with E-state index in [2.05, 4.69) is 325 Å². The molecule has 0 unspecified atom stereocenters. The zero-order valence-corrected chi connectivity index (χ0v) is 43.9. The molecule has 0 spiro atoms. The molecule has 2 heteroatoms. The van der Waals surface area contributed by atoms with E-state index in [-0.39, 0.29) is 0 Å². The van der Waals surface area contributed by atoms with Crippen LogP contribution in [0.25, 0.3) is 144 Å². The van der Waals surface area contributed by atoms with Crippen molar-refractivity contribution in [3.05, 3.63) is 315 Å². The number of aromatic nitrogens is 2. The molecule has 0 saturated carbocycles. The van der Waals surface area contributed by atoms with Gasteiger partial charge < -0.3 is 9.13 Å². The van der Waals surface area contributed by atoms with Crippen LogP contribution >= 0.6 is 0 Å². The van der Waals surface area contributed by atoms with E-state index >= 15 is 0 Å². The third-order valence-corrected chi connectivity index (χ3v) is 16.1. The highest BCUT2D eigenvalue weighted by Crippen LogP contribution is 2.41. The van der Waals surface area contributed by atoms with Gasteiger partial charge >= 0.3 is 0 Å². The molecule has 13 aromatic carbocycles. The van der Waals surface area contributed by atoms with Crippen molar-refractivity contribution in [1.29, 1.82) is 0 Å². The van der Waals surface area contributed by atoms with Crippen LogP contribution in [-0.2, 0) is 0 Å². The van der Waals surface area contributed by atoms with Gasteiger partial charge in [-0.05, 0) is 156 Å². The molecular weight excluding hydrogens is 965 g/mol. The third kappa shape index (κ3) is 8.39. The van der Waals surface area contributed by atoms with E-state index < -0.39 is 0 Å². The van der Waals surface area contributed by atoms with Gasteiger partial charge in [0.2, 0.25) is 0 Å². The SMILES string of the molecule is c1ccc(-c2ccc(-c3cccc(-c4cccc(-c5ccc(-c6cccc(-c7ccccc7-n7c8ccccc8c8cc(-c9ccc%10c(c9)c9ccccc9n%10-c9cccc(-c%10ccccc%10)c9)ccc87)c6)cc5)c4)c3)cc2)cc1. The highest BCUT2D eigenvalue weighted by Gasteiger charge is 2.19. The van der Waals surface area contributed by atoms with Crippen LogP contribution in [0.15, 0.2) is 315 Å². The first-order chi connectivity index (χ1) is 39.6. The Morgan fingerprint density at radius 1 is 0.163 bits per heavy atom. The average molecular weight is 1020 g/mol. The number of hydrogen-bond donors (Lipinski definition) is 0. The summed E-state index contributed by atoms with van der Waals surface area (Å²) in [6, 6.07) is 115. The maximum absolute atomic E-state index is 2.46. The number of para-hydroxylation sites is 3. The summed E-state index contributed by atoms with van der Waals surface area (Å²) >= 11 is 0. The van der Waals surface area contributed by atoms with E-state index in [0.29, 0.717) is 0 Å². The van der Waals surface area contributed by atoms with E-state index in [1.54, 1.807) is 0 Å². The summed E-state index contributed by atoms with van der Waals surface area (Å²) in [4.78, 5) is 0. The first-order valence-electron chi connectivity index (χ1n) is 27.5. The standard InChI is InChI=1S/C78H52N2/c1-3-17-53(18-4-1)55-35-37-56(38-36-55)59-21-13-24-62(47-59)63-25-14-22-60(48-63)57-39-41-58(42-40-57)61-23-15-27-67(49-61)69-29-7-10-32-74(69)80-76-34-12-9-31-71(76)73-52-66(44-46-78(73)80)65-43-45-77-72(51-65)70-30-8-11-33-75(70)79(77)68-28-16-26-64(50-68)54-19-5-2-6-20-54/h1-52H. The fourth-order valence-electron chi connectivity index (χ4n) is 12.2. The topological polar surface area (TPSA) is 9.86 Å². The van der Waals surface area contributed by atoms with Crippen LogP contribution in [0, 0.1) is 0 Å². The second-order valence-electron chi connectivity index (χ2n) is 20.9. The molecule has 0 bridgehead atoms. The van der Waals surface area contributed by atoms with Crippen molar-refractivity contribution in [1.82, 2.24) is 9.13 Å². The predicted molar refractivity (Wildman–Crippen MR) is 339 cm³/mol. The van der Waals surface area contributed by atoms with Crippen molar-refractivity contribution in [3.8, 4) is 100 Å². The second-order valence-corrected chi connectivity index (χ2v) is 20.9. The van der Waals surface area contributed by atoms with E-state index in [0.717, 1.165) is 11.4 Å². The summed E-state index contributed by atoms with van der Waals surface area (Å²) in [5, 5.41) is 4.94. The molecule has 0 saturated heterocycles. The number of benzene rings is 13. The summed E-state index contributed by atoms with van der Waals surface area (Å²) < 4.78 is 4.87. The van der Waals surface area contributed by atoms with Crippen LogP contribution in [-0.4, -0.2) is 9.13 Å². The number of rotatable bonds is 10. The summed E-state index contributed by atoms with van der Waals surface area (Å²) in [7, 11) is 0. The zero-order valence-electron chi connectivity index (χ0n) is 43.9. The van der Waals surface area contributed by atoms with Crippen LogP contribution in [0.2, 0.25) is 0 Å². The van der Waals surface area contributed by atoms with Gasteiger partial charge in [0.15, 0.2) is 0 Å². The maximum Gasteiger partial charge on any atom is 0.0541 e. The van der Waals surface area contributed by atoms with Gasteiger partial charge in [0.25, 0.3) is 0 Å². The van der Waals surface area contributed by atoms with Crippen LogP contribution in [0.1, 0.15) is 0 Å². The molecule has 0 fully saturated rings. The van der Waals surface area contributed by atoms with E-state index in [1.807, 2.05) is 0 Å². The first kappa shape index (κ1) is 46.7. The van der Waals surface area contributed by atoms with Crippen molar-refractivity contribution >= 4 is 43.6 Å². The van der Waals surface area contributed by atoms with Gasteiger partial charge in [-0.15, -0.1) is 0 Å². The minimum absolute atomic E-state index is 1.15. The van der Waals surface area contributed by atoms with Crippen LogP contribution in [0.3, 0.4) is 0 Å². The first-order valence-corrected chi connectivity index (χ1v) is 27.5. The third-order valence-electron chi connectivity index (χ3n) is 16.1. The molecule has 15 rings (SSSR count). The highest BCUT2D eigenvalue weighted by atomic mass is 15.0. The zero-order chi connectivity index (χ0) is 52.9. The lowest BCUT2D eigenvalue weighted by molar-refractivity contribution is 1.18. The van der Waals surface area contributed by atoms with Crippen molar-refractivity contribution in [3.63, 3.8) is 0 Å². The highest BCUT2D eigenvalue weighted by molar-refractivity contribution is 6.13. The molecule has 15 aromatic rings. The Morgan fingerprint density at radius 2 is 0.475 bits per heavy atom. The number of hydrogen-bond acceptors (Lipinski definition) is 0. The molecule has 0 radical (unpaired) electrons. The lowest BCUT2D eigenvalue weighted by Gasteiger charge is -2.15. The van der Waals surface area contributed by atoms with Crippen molar-refractivity contribution in [2.45, 2.75) is 0 Å². The van der Waals surface area contributed by atoms with E-state index in [9.17, 15) is 0 Å². The van der Waals surface area contributed by atoms with Gasteiger partial charge in [-0.1, -0.05) is 243 Å². The Bertz CT molecular complexity index is 4790. The Kier molecular flexibility index (Phi) is 11.6. The Labute approximate surface area is 466 Å². The second kappa shape index (κ2) is 19.8. The summed E-state index contributed by atoms with van der Waals surface area (Å²) in [6.45, 7) is 0. The summed E-state index contributed by atoms with van der Waals surface area (Å²) in [5.74, 6) is 0. The number of fused-ring (bicyclic) bond motifs is 6. The molecule has 0 aliphatic carbocycles. The Morgan fingerprint density at radius 3 is 1.01 bits per heavy atom. The van der Waals surface area contributed by atoms with Crippen molar-refractivity contribution < 1.29 is 0 Å². The molecule has 2 nitrogen and oxygen atoms in total. The van der Waals surface area contributed by atoms with E-state index in [1.165, 1.54) is 133 Å². The van der Waals surface area contributed by atoms with Gasteiger partial charge in [-0.3, -0.25) is 0 Å². The Balaban J connectivity index is 0.730. The quantitative estimate of drug-likeness (QED) is 0.129. The molecule has 0 N–H and O–H groups in total. The largest absolute Gasteiger partial charge is 0.309 e. The fraction of sp³-hybridized carbons (Fsp3) is 0. The lowest BCUT2D eigenvalue weighted by Crippen LogP contribution is -1.97. The van der Waals surface area contributed by atoms with Gasteiger partial charge in [-0.25, -0.2) is 0 Å². The molecule has 2 aromatic heterocycles. The van der Waals surface area contributed by atoms with Gasteiger partial charge in [0.1, 0.15) is 0 Å². The minimum atomic E-state index is 1.15. The molecule has 0 atom stereocenters. The molecular formula is C78H52N2. The Hall–Kier alpha value is -10.5. The predicted octanol–water partition coefficient (Wildman–Crippen LogP) is 21.2. The number of nitrogens with zero attached hydrogens (tertiary/aromatic N) is 2. The van der Waals surface area contributed by atoms with Crippen LogP contribution in [0.4, 0.5) is 0 Å². The van der Waals surface area contributed by atoms with Crippen LogP contribution in [0.5, 0.6) is 0 Å². The maximum atomic E-state index is 2.46. The lowest BCUT2D eigenvalue weighted by atomic mass is 9.94. The molecule has 0 aliphatic rings. The van der Waals surface area contributed by atoms with Crippen molar-refractivity contribution in [2.24, 2.45) is 0 Å². The van der Waals surface area contributed by atoms with Gasteiger partial charge in [0, 0.05) is 32.8 Å². The molecule has 2 heterocycles. The van der Waals surface area contributed by atoms with Crippen LogP contribution < -0.4 is 0 Å². The monoisotopic (exact) mass is 1020 g/mol. The van der Waals surface area contributed by atoms with E-state index in [4.69, 9.17) is 0 Å². The molecule has 80 heavy (non-hydrogen) atoms. The summed E-state index contributed by atoms with van der Waals surface area (Å²) in [6.07, 6.45) is 0. The summed E-state index contributed by atoms with van der Waals surface area (Å²) in [5.41, 5.74) is 26.2. The normalized spacial score (nSPS) is 11.5.